The van der Waals surface area contributed by atoms with Gasteiger partial charge >= 0.3 is 0 Å². The zero-order chi connectivity index (χ0) is 18.9. The van der Waals surface area contributed by atoms with Crippen molar-refractivity contribution in [3.8, 4) is 0 Å². The van der Waals surface area contributed by atoms with Crippen molar-refractivity contribution in [2.45, 2.75) is 6.92 Å². The number of hydrazine groups is 1. The number of Topliss-reactive ketones (excluding diaryl/α,β-unsaturated/α-hetero) is 1. The minimum atomic E-state index is -0.405. The van der Waals surface area contributed by atoms with Crippen LogP contribution in [-0.4, -0.2) is 28.1 Å². The number of hydrogen-bond acceptors (Lipinski definition) is 4. The standard InChI is InChI=1S/C19H17N3O3S/c1-13(23)21-22-19(26)20-12-16(17(24)14-8-4-2-5-9-14)18(25)15-10-6-3-7-11-15/h2-12,24H,1H3,(H,21,23)(H,22,26)/b17-16-,20-12+. The number of thiocarbonyl (C=S) groups is 1. The number of aliphatic hydroxyl groups is 1. The minimum absolute atomic E-state index is 0.0191. The predicted octanol–water partition coefficient (Wildman–Crippen LogP) is 2.84. The number of allylic oxidation sites excluding steroid dienone is 1. The van der Waals surface area contributed by atoms with Crippen LogP contribution in [0.4, 0.5) is 0 Å². The van der Waals surface area contributed by atoms with Crippen LogP contribution in [0.2, 0.25) is 0 Å². The zero-order valence-corrected chi connectivity index (χ0v) is 14.8. The summed E-state index contributed by atoms with van der Waals surface area (Å²) in [7, 11) is 0. The molecule has 0 bridgehead atoms. The third kappa shape index (κ3) is 5.35. The van der Waals surface area contributed by atoms with Gasteiger partial charge in [0, 0.05) is 24.3 Å². The maximum Gasteiger partial charge on any atom is 0.235 e. The Morgan fingerprint density at radius 3 is 2.04 bits per heavy atom. The molecule has 0 radical (unpaired) electrons. The number of carbonyl (C=O) groups excluding carboxylic acids is 2. The second kappa shape index (κ2) is 9.24. The Bertz CT molecular complexity index is 862. The van der Waals surface area contributed by atoms with Gasteiger partial charge in [-0.3, -0.25) is 20.4 Å². The molecule has 0 aliphatic carbocycles. The molecule has 0 unspecified atom stereocenters. The highest BCUT2D eigenvalue weighted by Crippen LogP contribution is 2.18. The molecule has 3 N–H and O–H groups in total. The molecule has 132 valence electrons. The van der Waals surface area contributed by atoms with Crippen LogP contribution in [0.15, 0.2) is 71.2 Å². The number of rotatable bonds is 4. The van der Waals surface area contributed by atoms with Crippen molar-refractivity contribution < 1.29 is 14.7 Å². The number of benzene rings is 2. The molecule has 7 heteroatoms. The molecule has 0 saturated carbocycles. The van der Waals surface area contributed by atoms with Crippen molar-refractivity contribution in [1.29, 1.82) is 0 Å². The normalized spacial score (nSPS) is 11.6. The van der Waals surface area contributed by atoms with E-state index in [0.717, 1.165) is 0 Å². The molecule has 0 aliphatic heterocycles. The Morgan fingerprint density at radius 1 is 0.962 bits per heavy atom. The number of ketones is 1. The number of nitrogens with one attached hydrogen (secondary N) is 2. The molecular weight excluding hydrogens is 350 g/mol. The average molecular weight is 367 g/mol. The number of amides is 1. The van der Waals surface area contributed by atoms with Crippen molar-refractivity contribution in [2.24, 2.45) is 4.99 Å². The van der Waals surface area contributed by atoms with E-state index in [1.165, 1.54) is 13.1 Å². The van der Waals surface area contributed by atoms with Gasteiger partial charge in [0.15, 0.2) is 5.78 Å². The van der Waals surface area contributed by atoms with E-state index in [9.17, 15) is 14.7 Å². The lowest BCUT2D eigenvalue weighted by Crippen LogP contribution is -2.38. The molecule has 0 spiro atoms. The second-order valence-corrected chi connectivity index (χ2v) is 5.58. The molecule has 2 rings (SSSR count). The molecule has 0 saturated heterocycles. The lowest BCUT2D eigenvalue weighted by Gasteiger charge is -2.08. The Morgan fingerprint density at radius 2 is 1.50 bits per heavy atom. The molecule has 0 aromatic heterocycles. The summed E-state index contributed by atoms with van der Waals surface area (Å²) in [4.78, 5) is 27.6. The van der Waals surface area contributed by atoms with Crippen LogP contribution >= 0.6 is 12.2 Å². The molecule has 2 aromatic carbocycles. The Hall–Kier alpha value is -3.32. The van der Waals surface area contributed by atoms with Gasteiger partial charge in [0.25, 0.3) is 0 Å². The van der Waals surface area contributed by atoms with Gasteiger partial charge in [-0.15, -0.1) is 0 Å². The molecule has 0 heterocycles. The molecule has 2 aromatic rings. The largest absolute Gasteiger partial charge is 0.506 e. The van der Waals surface area contributed by atoms with Crippen molar-refractivity contribution in [2.75, 3.05) is 0 Å². The highest BCUT2D eigenvalue weighted by Gasteiger charge is 2.17. The van der Waals surface area contributed by atoms with Gasteiger partial charge in [0.1, 0.15) is 5.76 Å². The van der Waals surface area contributed by atoms with Gasteiger partial charge in [-0.1, -0.05) is 60.7 Å². The summed E-state index contributed by atoms with van der Waals surface area (Å²) in [6, 6.07) is 17.2. The van der Waals surface area contributed by atoms with E-state index in [1.54, 1.807) is 60.7 Å². The smallest absolute Gasteiger partial charge is 0.235 e. The topological polar surface area (TPSA) is 90.8 Å². The number of hydrogen-bond donors (Lipinski definition) is 3. The Labute approximate surface area is 156 Å². The molecule has 0 fully saturated rings. The van der Waals surface area contributed by atoms with Crippen LogP contribution in [0.3, 0.4) is 0 Å². The van der Waals surface area contributed by atoms with E-state index in [-0.39, 0.29) is 22.4 Å². The lowest BCUT2D eigenvalue weighted by molar-refractivity contribution is -0.119. The first-order chi connectivity index (χ1) is 12.5. The minimum Gasteiger partial charge on any atom is -0.506 e. The fourth-order valence-electron chi connectivity index (χ4n) is 2.02. The van der Waals surface area contributed by atoms with E-state index in [4.69, 9.17) is 12.2 Å². The Kier molecular flexibility index (Phi) is 6.75. The molecular formula is C19H17N3O3S. The molecule has 26 heavy (non-hydrogen) atoms. The molecule has 0 aliphatic rings. The van der Waals surface area contributed by atoms with Crippen molar-refractivity contribution in [3.63, 3.8) is 0 Å². The van der Waals surface area contributed by atoms with Gasteiger partial charge in [-0.2, -0.15) is 0 Å². The van der Waals surface area contributed by atoms with E-state index >= 15 is 0 Å². The van der Waals surface area contributed by atoms with E-state index in [1.807, 2.05) is 0 Å². The SMILES string of the molecule is CC(=O)NNC(=S)/N=C/C(C(=O)c1ccccc1)=C(/O)c1ccccc1. The molecule has 0 atom stereocenters. The number of carbonyl (C=O) groups is 2. The zero-order valence-electron chi connectivity index (χ0n) is 14.0. The van der Waals surface area contributed by atoms with Crippen LogP contribution in [0, 0.1) is 0 Å². The highest BCUT2D eigenvalue weighted by molar-refractivity contribution is 7.80. The maximum atomic E-state index is 12.8. The van der Waals surface area contributed by atoms with E-state index < -0.39 is 5.78 Å². The third-order valence-electron chi connectivity index (χ3n) is 3.24. The molecule has 1 amide bonds. The number of aliphatic hydroxyl groups excluding tert-OH is 1. The highest BCUT2D eigenvalue weighted by atomic mass is 32.1. The van der Waals surface area contributed by atoms with Gasteiger partial charge in [-0.25, -0.2) is 4.99 Å². The fraction of sp³-hybridized carbons (Fsp3) is 0.0526. The van der Waals surface area contributed by atoms with Crippen LogP contribution in [0.5, 0.6) is 0 Å². The quantitative estimate of drug-likeness (QED) is 0.193. The first kappa shape index (κ1) is 19.0. The summed E-state index contributed by atoms with van der Waals surface area (Å²) in [5, 5.41) is 10.5. The van der Waals surface area contributed by atoms with Crippen LogP contribution in [-0.2, 0) is 4.79 Å². The van der Waals surface area contributed by atoms with Gasteiger partial charge in [-0.05, 0) is 12.2 Å². The predicted molar refractivity (Wildman–Crippen MR) is 105 cm³/mol. The summed E-state index contributed by atoms with van der Waals surface area (Å²) in [5.41, 5.74) is 5.55. The van der Waals surface area contributed by atoms with Crippen molar-refractivity contribution >= 4 is 41.0 Å². The number of aliphatic imine (C=N–C) groups is 1. The van der Waals surface area contributed by atoms with Gasteiger partial charge < -0.3 is 5.11 Å². The van der Waals surface area contributed by atoms with Crippen molar-refractivity contribution in [3.05, 3.63) is 77.4 Å². The second-order valence-electron chi connectivity index (χ2n) is 5.19. The lowest BCUT2D eigenvalue weighted by atomic mass is 10.0. The summed E-state index contributed by atoms with van der Waals surface area (Å²) in [6.45, 7) is 1.31. The summed E-state index contributed by atoms with van der Waals surface area (Å²) < 4.78 is 0. The van der Waals surface area contributed by atoms with Crippen LogP contribution in [0.1, 0.15) is 22.8 Å². The van der Waals surface area contributed by atoms with E-state index in [0.29, 0.717) is 11.1 Å². The third-order valence-corrected chi connectivity index (χ3v) is 3.45. The first-order valence-electron chi connectivity index (χ1n) is 7.68. The van der Waals surface area contributed by atoms with Crippen LogP contribution < -0.4 is 10.9 Å². The summed E-state index contributed by atoms with van der Waals surface area (Å²) >= 11 is 4.96. The monoisotopic (exact) mass is 367 g/mol. The maximum absolute atomic E-state index is 12.8. The first-order valence-corrected chi connectivity index (χ1v) is 8.09. The molecule has 6 nitrogen and oxygen atoms in total. The van der Waals surface area contributed by atoms with Gasteiger partial charge in [0.2, 0.25) is 11.0 Å². The van der Waals surface area contributed by atoms with Gasteiger partial charge in [0.05, 0.1) is 5.57 Å². The Balaban J connectivity index is 2.38. The summed E-state index contributed by atoms with van der Waals surface area (Å²) in [6.07, 6.45) is 1.18. The number of nitrogens with zero attached hydrogens (tertiary/aromatic N) is 1. The van der Waals surface area contributed by atoms with Crippen molar-refractivity contribution in [1.82, 2.24) is 10.9 Å². The fourth-order valence-corrected chi connectivity index (χ4v) is 2.12. The van der Waals surface area contributed by atoms with Crippen LogP contribution in [0.25, 0.3) is 5.76 Å². The summed E-state index contributed by atoms with van der Waals surface area (Å²) in [5.74, 6) is -0.964. The van der Waals surface area contributed by atoms with E-state index in [2.05, 4.69) is 15.8 Å². The average Bonchev–Trinajstić information content (AvgIpc) is 2.67.